The van der Waals surface area contributed by atoms with Gasteiger partial charge >= 0.3 is 8.53 Å². The van der Waals surface area contributed by atoms with E-state index in [1.165, 1.54) is 25.0 Å². The molecule has 2 aliphatic rings. The van der Waals surface area contributed by atoms with Gasteiger partial charge in [-0.2, -0.15) is 0 Å². The first-order valence-electron chi connectivity index (χ1n) is 11.2. The highest BCUT2D eigenvalue weighted by atomic mass is 35.5. The molecule has 0 saturated carbocycles. The number of para-hydroxylation sites is 1. The quantitative estimate of drug-likeness (QED) is 0.183. The molecular weight excluding hydrogens is 524 g/mol. The van der Waals surface area contributed by atoms with Crippen LogP contribution >= 0.6 is 31.7 Å². The Morgan fingerprint density at radius 3 is 2.44 bits per heavy atom. The van der Waals surface area contributed by atoms with Crippen LogP contribution in [0.15, 0.2) is 53.9 Å². The molecule has 4 rings (SSSR count). The first kappa shape index (κ1) is 28.1. The largest absolute Gasteiger partial charge is 0.435 e. The summed E-state index contributed by atoms with van der Waals surface area (Å²) in [6, 6.07) is 13.4. The van der Waals surface area contributed by atoms with E-state index in [0.29, 0.717) is 18.9 Å². The van der Waals surface area contributed by atoms with Crippen molar-refractivity contribution in [3.05, 3.63) is 75.0 Å². The van der Waals surface area contributed by atoms with Crippen molar-refractivity contribution >= 4 is 50.1 Å². The van der Waals surface area contributed by atoms with Crippen LogP contribution in [0.25, 0.3) is 0 Å². The van der Waals surface area contributed by atoms with Crippen LogP contribution in [0.4, 0.5) is 0 Å². The number of carbonyl (C=O) groups excluding carboxylic acids is 2. The first-order valence-corrected chi connectivity index (χ1v) is 13.1. The molecule has 1 fully saturated rings. The van der Waals surface area contributed by atoms with Gasteiger partial charge in [0.1, 0.15) is 5.75 Å². The SMILES string of the molecule is CNC1CCN(P2OCc3ccccc3O2)CC1.N=C/C(NC(=O)c1c(Cl)cccc1Cl)=C(\N)C=O. The van der Waals surface area contributed by atoms with E-state index in [2.05, 4.69) is 21.4 Å². The van der Waals surface area contributed by atoms with Crippen LogP contribution in [-0.2, 0) is 15.9 Å². The summed E-state index contributed by atoms with van der Waals surface area (Å²) in [4.78, 5) is 22.4. The number of nitrogens with two attached hydrogens (primary N) is 1. The number of piperidine rings is 1. The van der Waals surface area contributed by atoms with E-state index in [4.69, 9.17) is 43.4 Å². The van der Waals surface area contributed by atoms with E-state index >= 15 is 0 Å². The Balaban J connectivity index is 0.000000201. The van der Waals surface area contributed by atoms with E-state index in [1.807, 2.05) is 25.2 Å². The molecule has 2 aliphatic heterocycles. The average Bonchev–Trinajstić information content (AvgIpc) is 2.91. The van der Waals surface area contributed by atoms with Crippen molar-refractivity contribution in [2.45, 2.75) is 25.5 Å². The lowest BCUT2D eigenvalue weighted by Crippen LogP contribution is -2.39. The van der Waals surface area contributed by atoms with Gasteiger partial charge in [0.15, 0.2) is 6.29 Å². The van der Waals surface area contributed by atoms with Gasteiger partial charge in [0.25, 0.3) is 5.91 Å². The predicted molar refractivity (Wildman–Crippen MR) is 142 cm³/mol. The first-order chi connectivity index (χ1) is 17.4. The fourth-order valence-electron chi connectivity index (χ4n) is 3.56. The zero-order chi connectivity index (χ0) is 26.1. The molecule has 5 N–H and O–H groups in total. The number of halogens is 2. The number of amides is 1. The van der Waals surface area contributed by atoms with Gasteiger partial charge in [0.2, 0.25) is 0 Å². The molecule has 0 bridgehead atoms. The van der Waals surface area contributed by atoms with Gasteiger partial charge in [0.05, 0.1) is 33.6 Å². The molecule has 1 unspecified atom stereocenters. The van der Waals surface area contributed by atoms with Gasteiger partial charge in [-0.05, 0) is 38.1 Å². The third-order valence-corrected chi connectivity index (χ3v) is 7.81. The summed E-state index contributed by atoms with van der Waals surface area (Å²) < 4.78 is 14.2. The highest BCUT2D eigenvalue weighted by molar-refractivity contribution is 7.45. The van der Waals surface area contributed by atoms with Crippen LogP contribution in [0.3, 0.4) is 0 Å². The van der Waals surface area contributed by atoms with Crippen molar-refractivity contribution in [2.24, 2.45) is 5.73 Å². The topological polar surface area (TPSA) is 130 Å². The minimum absolute atomic E-state index is 0.0545. The molecule has 1 saturated heterocycles. The van der Waals surface area contributed by atoms with Gasteiger partial charge in [-0.15, -0.1) is 0 Å². The van der Waals surface area contributed by atoms with Crippen molar-refractivity contribution in [1.82, 2.24) is 15.3 Å². The van der Waals surface area contributed by atoms with Gasteiger partial charge in [-0.3, -0.25) is 9.59 Å². The lowest BCUT2D eigenvalue weighted by Gasteiger charge is -2.37. The van der Waals surface area contributed by atoms with Crippen LogP contribution in [0.1, 0.15) is 28.8 Å². The van der Waals surface area contributed by atoms with Gasteiger partial charge in [-0.1, -0.05) is 47.5 Å². The van der Waals surface area contributed by atoms with Crippen LogP contribution in [-0.4, -0.2) is 49.3 Å². The Hall–Kier alpha value is -2.52. The lowest BCUT2D eigenvalue weighted by atomic mass is 10.1. The fraction of sp³-hybridized carbons (Fsp3) is 0.292. The summed E-state index contributed by atoms with van der Waals surface area (Å²) in [6.07, 6.45) is 3.43. The Morgan fingerprint density at radius 1 is 1.17 bits per heavy atom. The maximum Gasteiger partial charge on any atom is 0.321 e. The van der Waals surface area contributed by atoms with E-state index in [-0.39, 0.29) is 27.0 Å². The Bertz CT molecular complexity index is 1110. The molecule has 36 heavy (non-hydrogen) atoms. The molecule has 2 aromatic carbocycles. The maximum atomic E-state index is 11.9. The van der Waals surface area contributed by atoms with E-state index in [0.717, 1.165) is 30.6 Å². The minimum atomic E-state index is -0.895. The molecule has 1 amide bonds. The average molecular weight is 552 g/mol. The van der Waals surface area contributed by atoms with Crippen LogP contribution in [0.2, 0.25) is 10.0 Å². The second-order valence-electron chi connectivity index (χ2n) is 7.91. The van der Waals surface area contributed by atoms with Crippen molar-refractivity contribution in [1.29, 1.82) is 5.41 Å². The third-order valence-electron chi connectivity index (χ3n) is 5.61. The highest BCUT2D eigenvalue weighted by Crippen LogP contribution is 2.49. The normalized spacial score (nSPS) is 18.5. The molecule has 9 nitrogen and oxygen atoms in total. The number of carbonyl (C=O) groups is 2. The molecule has 0 aliphatic carbocycles. The second kappa shape index (κ2) is 13.7. The van der Waals surface area contributed by atoms with E-state index < -0.39 is 14.4 Å². The molecule has 192 valence electrons. The summed E-state index contributed by atoms with van der Waals surface area (Å²) in [5.74, 6) is 0.347. The molecule has 1 atom stereocenters. The molecule has 2 aromatic rings. The zero-order valence-corrected chi connectivity index (χ0v) is 22.1. The minimum Gasteiger partial charge on any atom is -0.435 e. The third kappa shape index (κ3) is 7.26. The smallest absolute Gasteiger partial charge is 0.321 e. The zero-order valence-electron chi connectivity index (χ0n) is 19.7. The summed E-state index contributed by atoms with van der Waals surface area (Å²) in [6.45, 7) is 2.78. The molecule has 0 aromatic heterocycles. The maximum absolute atomic E-state index is 11.9. The molecule has 0 radical (unpaired) electrons. The standard InChI is InChI=1S/C13H19N2O2P.C11H9Cl2N3O2/c1-14-12-6-8-15(9-7-12)18-16-10-11-4-2-3-5-13(11)17-18;12-6-2-1-3-7(13)10(6)11(18)16-9(4-14)8(15)5-17/h2-5,12,14H,6-10H2,1H3;1-5,14H,15H2,(H,16,18)/b;9-8+,14-4?. The number of nitrogens with zero attached hydrogens (tertiary/aromatic N) is 1. The Labute approximate surface area is 221 Å². The number of rotatable bonds is 6. The number of allylic oxidation sites excluding steroid dienone is 2. The predicted octanol–water partition coefficient (Wildman–Crippen LogP) is 4.25. The fourth-order valence-corrected chi connectivity index (χ4v) is 5.61. The van der Waals surface area contributed by atoms with Crippen LogP contribution < -0.4 is 20.9 Å². The molecule has 2 heterocycles. The molecule has 0 spiro atoms. The second-order valence-corrected chi connectivity index (χ2v) is 10.2. The number of fused-ring (bicyclic) bond motifs is 1. The summed E-state index contributed by atoms with van der Waals surface area (Å²) >= 11 is 11.7. The molecule has 12 heteroatoms. The van der Waals surface area contributed by atoms with Crippen molar-refractivity contribution in [3.8, 4) is 5.75 Å². The van der Waals surface area contributed by atoms with Crippen LogP contribution in [0, 0.1) is 5.41 Å². The molecular formula is C24H28Cl2N5O4P. The number of benzene rings is 2. The number of aldehydes is 1. The number of hydrogen-bond acceptors (Lipinski definition) is 8. The summed E-state index contributed by atoms with van der Waals surface area (Å²) in [5.41, 5.74) is 6.14. The monoisotopic (exact) mass is 551 g/mol. The van der Waals surface area contributed by atoms with Gasteiger partial charge in [-0.25, -0.2) is 4.67 Å². The number of hydrogen-bond donors (Lipinski definition) is 4. The Morgan fingerprint density at radius 2 is 1.83 bits per heavy atom. The number of nitrogens with one attached hydrogen (secondary N) is 3. The van der Waals surface area contributed by atoms with E-state index in [1.54, 1.807) is 6.07 Å². The van der Waals surface area contributed by atoms with Crippen molar-refractivity contribution < 1.29 is 18.6 Å². The van der Waals surface area contributed by atoms with Crippen molar-refractivity contribution in [3.63, 3.8) is 0 Å². The van der Waals surface area contributed by atoms with E-state index in [9.17, 15) is 9.59 Å². The Kier molecular flexibility index (Phi) is 10.7. The van der Waals surface area contributed by atoms with Gasteiger partial charge in [0, 0.05) is 30.9 Å². The lowest BCUT2D eigenvalue weighted by molar-refractivity contribution is -0.105. The van der Waals surface area contributed by atoms with Gasteiger partial charge < -0.3 is 30.8 Å². The summed E-state index contributed by atoms with van der Waals surface area (Å²) in [5, 5.41) is 13.0. The highest BCUT2D eigenvalue weighted by Gasteiger charge is 2.31. The van der Waals surface area contributed by atoms with Crippen LogP contribution in [0.5, 0.6) is 5.75 Å². The van der Waals surface area contributed by atoms with Crippen molar-refractivity contribution in [2.75, 3.05) is 20.1 Å². The summed E-state index contributed by atoms with van der Waals surface area (Å²) in [7, 11) is 1.14.